The van der Waals surface area contributed by atoms with Gasteiger partial charge in [0.2, 0.25) is 0 Å². The van der Waals surface area contributed by atoms with Crippen molar-refractivity contribution in [3.05, 3.63) is 46.4 Å². The predicted molar refractivity (Wildman–Crippen MR) is 73.3 cm³/mol. The number of rotatable bonds is 1. The van der Waals surface area contributed by atoms with Crippen molar-refractivity contribution in [2.45, 2.75) is 19.8 Å². The Morgan fingerprint density at radius 3 is 2.89 bits per heavy atom. The number of fused-ring (bicyclic) bond motifs is 1. The lowest BCUT2D eigenvalue weighted by molar-refractivity contribution is 0.337. The molecule has 2 aromatic rings. The number of aryl methyl sites for hydroxylation is 1. The van der Waals surface area contributed by atoms with E-state index < -0.39 is 5.82 Å². The van der Waals surface area contributed by atoms with E-state index in [9.17, 15) is 4.39 Å². The highest BCUT2D eigenvalue weighted by atomic mass is 35.5. The number of nitrogens with zero attached hydrogens (tertiary/aromatic N) is 1. The van der Waals surface area contributed by atoms with Crippen molar-refractivity contribution < 1.29 is 9.13 Å². The Morgan fingerprint density at radius 1 is 1.37 bits per heavy atom. The number of hydrogen-bond donors (Lipinski definition) is 0. The average molecular weight is 278 g/mol. The SMILES string of the molecule is Cc1cc2c(c(-c3ccc(F)c(Cl)c3)n1)OCC2C. The molecule has 0 N–H and O–H groups in total. The number of hydrogen-bond acceptors (Lipinski definition) is 2. The van der Waals surface area contributed by atoms with Gasteiger partial charge in [0.05, 0.1) is 11.6 Å². The zero-order valence-electron chi connectivity index (χ0n) is 10.7. The number of halogens is 2. The monoisotopic (exact) mass is 277 g/mol. The van der Waals surface area contributed by atoms with E-state index in [4.69, 9.17) is 16.3 Å². The number of ether oxygens (including phenoxy) is 1. The molecule has 1 aliphatic heterocycles. The molecule has 1 aromatic heterocycles. The third-order valence-corrected chi connectivity index (χ3v) is 3.62. The van der Waals surface area contributed by atoms with Crippen LogP contribution in [0, 0.1) is 12.7 Å². The van der Waals surface area contributed by atoms with Gasteiger partial charge in [-0.2, -0.15) is 0 Å². The Balaban J connectivity index is 2.20. The molecule has 0 aliphatic carbocycles. The minimum atomic E-state index is -0.427. The Labute approximate surface area is 116 Å². The maximum Gasteiger partial charge on any atom is 0.149 e. The van der Waals surface area contributed by atoms with E-state index in [1.807, 2.05) is 13.0 Å². The zero-order chi connectivity index (χ0) is 13.6. The molecule has 3 rings (SSSR count). The van der Waals surface area contributed by atoms with Crippen molar-refractivity contribution in [2.75, 3.05) is 6.61 Å². The highest BCUT2D eigenvalue weighted by molar-refractivity contribution is 6.31. The summed E-state index contributed by atoms with van der Waals surface area (Å²) in [7, 11) is 0. The van der Waals surface area contributed by atoms with E-state index in [1.165, 1.54) is 6.07 Å². The summed E-state index contributed by atoms with van der Waals surface area (Å²) in [6.45, 7) is 4.72. The number of pyridine rings is 1. The van der Waals surface area contributed by atoms with Crippen molar-refractivity contribution >= 4 is 11.6 Å². The molecular weight excluding hydrogens is 265 g/mol. The minimum Gasteiger partial charge on any atom is -0.490 e. The Hall–Kier alpha value is -1.61. The second-order valence-corrected chi connectivity index (χ2v) is 5.28. The Kier molecular flexibility index (Phi) is 2.94. The van der Waals surface area contributed by atoms with Crippen LogP contribution in [-0.4, -0.2) is 11.6 Å². The fourth-order valence-corrected chi connectivity index (χ4v) is 2.52. The summed E-state index contributed by atoms with van der Waals surface area (Å²) in [5.74, 6) is 0.719. The average Bonchev–Trinajstić information content (AvgIpc) is 2.74. The van der Waals surface area contributed by atoms with Crippen LogP contribution in [0.2, 0.25) is 5.02 Å². The van der Waals surface area contributed by atoms with Crippen molar-refractivity contribution in [1.29, 1.82) is 0 Å². The summed E-state index contributed by atoms with van der Waals surface area (Å²) in [6.07, 6.45) is 0. The third-order valence-electron chi connectivity index (χ3n) is 3.33. The molecule has 1 aromatic carbocycles. The van der Waals surface area contributed by atoms with Crippen LogP contribution < -0.4 is 4.74 Å². The predicted octanol–water partition coefficient (Wildman–Crippen LogP) is 4.35. The summed E-state index contributed by atoms with van der Waals surface area (Å²) in [4.78, 5) is 4.51. The van der Waals surface area contributed by atoms with Crippen molar-refractivity contribution in [1.82, 2.24) is 4.98 Å². The molecule has 4 heteroatoms. The molecule has 0 fully saturated rings. The standard InChI is InChI=1S/C15H13ClFNO/c1-8-7-19-15-11(8)5-9(2)18-14(15)10-3-4-13(17)12(16)6-10/h3-6,8H,7H2,1-2H3. The summed E-state index contributed by atoms with van der Waals surface area (Å²) < 4.78 is 19.0. The van der Waals surface area contributed by atoms with Crippen LogP contribution in [-0.2, 0) is 0 Å². The summed E-state index contributed by atoms with van der Waals surface area (Å²) >= 11 is 5.84. The largest absolute Gasteiger partial charge is 0.490 e. The lowest BCUT2D eigenvalue weighted by atomic mass is 10.0. The summed E-state index contributed by atoms with van der Waals surface area (Å²) in [5, 5.41) is 0.0978. The first-order valence-electron chi connectivity index (χ1n) is 6.16. The molecule has 0 saturated heterocycles. The van der Waals surface area contributed by atoms with E-state index in [2.05, 4.69) is 11.9 Å². The van der Waals surface area contributed by atoms with Crippen LogP contribution in [0.5, 0.6) is 5.75 Å². The van der Waals surface area contributed by atoms with Gasteiger partial charge >= 0.3 is 0 Å². The lowest BCUT2D eigenvalue weighted by Gasteiger charge is -2.09. The van der Waals surface area contributed by atoms with Gasteiger partial charge in [-0.05, 0) is 31.2 Å². The van der Waals surface area contributed by atoms with Crippen LogP contribution in [0.25, 0.3) is 11.3 Å². The van der Waals surface area contributed by atoms with Gasteiger partial charge in [-0.25, -0.2) is 9.37 Å². The van der Waals surface area contributed by atoms with E-state index in [0.29, 0.717) is 12.5 Å². The normalized spacial score (nSPS) is 17.2. The second kappa shape index (κ2) is 4.49. The first kappa shape index (κ1) is 12.4. The summed E-state index contributed by atoms with van der Waals surface area (Å²) in [5.41, 5.74) is 3.59. The molecule has 98 valence electrons. The molecule has 2 heterocycles. The van der Waals surface area contributed by atoms with Crippen molar-refractivity contribution in [2.24, 2.45) is 0 Å². The highest BCUT2D eigenvalue weighted by Crippen LogP contribution is 2.41. The first-order chi connectivity index (χ1) is 9.06. The lowest BCUT2D eigenvalue weighted by Crippen LogP contribution is -1.93. The van der Waals surface area contributed by atoms with Crippen molar-refractivity contribution in [3.63, 3.8) is 0 Å². The van der Waals surface area contributed by atoms with Gasteiger partial charge in [0, 0.05) is 22.7 Å². The molecule has 1 atom stereocenters. The maximum atomic E-state index is 13.2. The van der Waals surface area contributed by atoms with E-state index in [1.54, 1.807) is 12.1 Å². The molecule has 1 aliphatic rings. The molecule has 0 radical (unpaired) electrons. The minimum absolute atomic E-state index is 0.0978. The fraction of sp³-hybridized carbons (Fsp3) is 0.267. The van der Waals surface area contributed by atoms with Gasteiger partial charge in [-0.1, -0.05) is 18.5 Å². The van der Waals surface area contributed by atoms with Crippen LogP contribution in [0.15, 0.2) is 24.3 Å². The summed E-state index contributed by atoms with van der Waals surface area (Å²) in [6, 6.07) is 6.66. The first-order valence-corrected chi connectivity index (χ1v) is 6.54. The molecular formula is C15H13ClFNO. The molecule has 1 unspecified atom stereocenters. The Bertz CT molecular complexity index is 657. The van der Waals surface area contributed by atoms with Crippen LogP contribution >= 0.6 is 11.6 Å². The van der Waals surface area contributed by atoms with Crippen LogP contribution in [0.3, 0.4) is 0 Å². The van der Waals surface area contributed by atoms with Gasteiger partial charge in [0.15, 0.2) is 0 Å². The molecule has 0 spiro atoms. The van der Waals surface area contributed by atoms with Gasteiger partial charge in [0.25, 0.3) is 0 Å². The van der Waals surface area contributed by atoms with Crippen LogP contribution in [0.1, 0.15) is 24.1 Å². The quantitative estimate of drug-likeness (QED) is 0.773. The van der Waals surface area contributed by atoms with Gasteiger partial charge in [0.1, 0.15) is 17.3 Å². The number of aromatic nitrogens is 1. The number of benzene rings is 1. The van der Waals surface area contributed by atoms with Gasteiger partial charge < -0.3 is 4.74 Å². The third kappa shape index (κ3) is 2.08. The zero-order valence-corrected chi connectivity index (χ0v) is 11.5. The molecule has 0 bridgehead atoms. The second-order valence-electron chi connectivity index (χ2n) is 4.87. The van der Waals surface area contributed by atoms with Crippen molar-refractivity contribution in [3.8, 4) is 17.0 Å². The molecule has 0 amide bonds. The smallest absolute Gasteiger partial charge is 0.149 e. The van der Waals surface area contributed by atoms with E-state index in [0.717, 1.165) is 28.3 Å². The topological polar surface area (TPSA) is 22.1 Å². The van der Waals surface area contributed by atoms with Gasteiger partial charge in [-0.3, -0.25) is 0 Å². The Morgan fingerprint density at radius 2 is 2.16 bits per heavy atom. The van der Waals surface area contributed by atoms with E-state index >= 15 is 0 Å². The molecule has 0 saturated carbocycles. The maximum absolute atomic E-state index is 13.2. The fourth-order valence-electron chi connectivity index (χ4n) is 2.34. The van der Waals surface area contributed by atoms with Crippen LogP contribution in [0.4, 0.5) is 4.39 Å². The highest BCUT2D eigenvalue weighted by Gasteiger charge is 2.25. The molecule has 19 heavy (non-hydrogen) atoms. The molecule has 2 nitrogen and oxygen atoms in total. The van der Waals surface area contributed by atoms with Gasteiger partial charge in [-0.15, -0.1) is 0 Å². The van der Waals surface area contributed by atoms with E-state index in [-0.39, 0.29) is 5.02 Å².